The third-order valence-corrected chi connectivity index (χ3v) is 6.41. The second-order valence-corrected chi connectivity index (χ2v) is 8.85. The Kier molecular flexibility index (Phi) is 6.03. The number of nitrogens with zero attached hydrogens (tertiary/aromatic N) is 4. The van der Waals surface area contributed by atoms with E-state index in [1.165, 1.54) is 12.3 Å². The summed E-state index contributed by atoms with van der Waals surface area (Å²) in [5.41, 5.74) is 0.645. The number of hydrogen-bond donors (Lipinski definition) is 1. The van der Waals surface area contributed by atoms with E-state index in [-0.39, 0.29) is 15.1 Å². The summed E-state index contributed by atoms with van der Waals surface area (Å²) in [5, 5.41) is 8.39. The summed E-state index contributed by atoms with van der Waals surface area (Å²) >= 11 is 13.3. The number of halogens is 2. The van der Waals surface area contributed by atoms with Crippen LogP contribution in [0.25, 0.3) is 5.65 Å². The lowest BCUT2D eigenvalue weighted by Crippen LogP contribution is -2.30. The van der Waals surface area contributed by atoms with E-state index in [1.54, 1.807) is 28.4 Å². The molecule has 3 aromatic heterocycles. The average molecular weight is 432 g/mol. The number of aromatic nitrogens is 4. The molecule has 0 aliphatic rings. The number of nitrogens with one attached hydrogen (secondary N) is 1. The summed E-state index contributed by atoms with van der Waals surface area (Å²) in [7, 11) is -3.87. The minimum atomic E-state index is -3.87. The van der Waals surface area contributed by atoms with Crippen LogP contribution >= 0.6 is 35.0 Å². The lowest BCUT2D eigenvalue weighted by Gasteiger charge is -2.17. The largest absolute Gasteiger partial charge is 0.285 e. The monoisotopic (exact) mass is 431 g/mol. The van der Waals surface area contributed by atoms with Crippen LogP contribution in [0.15, 0.2) is 41.6 Å². The van der Waals surface area contributed by atoms with Crippen molar-refractivity contribution >= 4 is 50.6 Å². The van der Waals surface area contributed by atoms with Crippen LogP contribution in [-0.4, -0.2) is 40.0 Å². The van der Waals surface area contributed by atoms with E-state index in [9.17, 15) is 8.42 Å². The Morgan fingerprint density at radius 1 is 1.31 bits per heavy atom. The van der Waals surface area contributed by atoms with Gasteiger partial charge < -0.3 is 0 Å². The SMILES string of the molecule is CSCC[C@H](NS(=O)(=O)c1cnc(Cl)c(Cl)c1)c1nnc2ccccn12. The number of pyridine rings is 2. The number of sulfonamides is 1. The fourth-order valence-corrected chi connectivity index (χ4v) is 4.38. The van der Waals surface area contributed by atoms with E-state index in [4.69, 9.17) is 23.2 Å². The molecule has 26 heavy (non-hydrogen) atoms. The zero-order chi connectivity index (χ0) is 18.7. The Morgan fingerprint density at radius 2 is 2.12 bits per heavy atom. The molecule has 3 heterocycles. The molecular formula is C15H15Cl2N5O2S2. The zero-order valence-electron chi connectivity index (χ0n) is 13.6. The molecule has 0 aromatic carbocycles. The van der Waals surface area contributed by atoms with Gasteiger partial charge in [0.05, 0.1) is 11.1 Å². The van der Waals surface area contributed by atoms with Crippen molar-refractivity contribution in [2.45, 2.75) is 17.4 Å². The minimum Gasteiger partial charge on any atom is -0.285 e. The van der Waals surface area contributed by atoms with E-state index >= 15 is 0 Å². The highest BCUT2D eigenvalue weighted by molar-refractivity contribution is 7.98. The second kappa shape index (κ2) is 8.10. The first kappa shape index (κ1) is 19.4. The quantitative estimate of drug-likeness (QED) is 0.577. The van der Waals surface area contributed by atoms with Crippen molar-refractivity contribution in [3.05, 3.63) is 52.7 Å². The van der Waals surface area contributed by atoms with Gasteiger partial charge in [0, 0.05) is 12.4 Å². The van der Waals surface area contributed by atoms with Gasteiger partial charge in [0.25, 0.3) is 0 Å². The van der Waals surface area contributed by atoms with E-state index in [0.29, 0.717) is 17.9 Å². The summed E-state index contributed by atoms with van der Waals surface area (Å²) in [6, 6.07) is 6.20. The van der Waals surface area contributed by atoms with Crippen LogP contribution in [0.4, 0.5) is 0 Å². The molecule has 0 unspecified atom stereocenters. The van der Waals surface area contributed by atoms with Gasteiger partial charge in [-0.3, -0.25) is 4.40 Å². The highest BCUT2D eigenvalue weighted by Crippen LogP contribution is 2.25. The summed E-state index contributed by atoms with van der Waals surface area (Å²) in [6.07, 6.45) is 5.47. The van der Waals surface area contributed by atoms with Crippen LogP contribution in [0.1, 0.15) is 18.3 Å². The normalized spacial score (nSPS) is 13.2. The van der Waals surface area contributed by atoms with Gasteiger partial charge in [-0.25, -0.2) is 18.1 Å². The molecule has 0 aliphatic heterocycles. The molecule has 7 nitrogen and oxygen atoms in total. The van der Waals surface area contributed by atoms with Crippen molar-refractivity contribution in [2.75, 3.05) is 12.0 Å². The van der Waals surface area contributed by atoms with Crippen molar-refractivity contribution in [1.29, 1.82) is 0 Å². The first-order valence-electron chi connectivity index (χ1n) is 7.54. The fraction of sp³-hybridized carbons (Fsp3) is 0.267. The van der Waals surface area contributed by atoms with Gasteiger partial charge in [-0.05, 0) is 36.6 Å². The number of thioether (sulfide) groups is 1. The summed E-state index contributed by atoms with van der Waals surface area (Å²) in [4.78, 5) is 3.74. The average Bonchev–Trinajstić information content (AvgIpc) is 3.05. The van der Waals surface area contributed by atoms with E-state index in [1.807, 2.05) is 18.4 Å². The van der Waals surface area contributed by atoms with Gasteiger partial charge in [0.2, 0.25) is 10.0 Å². The minimum absolute atomic E-state index is 0.0491. The maximum atomic E-state index is 12.8. The van der Waals surface area contributed by atoms with E-state index in [2.05, 4.69) is 19.9 Å². The second-order valence-electron chi connectivity index (χ2n) is 5.39. The number of rotatable bonds is 7. The van der Waals surface area contributed by atoms with Crippen molar-refractivity contribution in [2.24, 2.45) is 0 Å². The predicted octanol–water partition coefficient (Wildman–Crippen LogP) is 3.20. The molecule has 0 bridgehead atoms. The molecular weight excluding hydrogens is 417 g/mol. The molecule has 11 heteroatoms. The van der Waals surface area contributed by atoms with Crippen LogP contribution in [0.5, 0.6) is 0 Å². The zero-order valence-corrected chi connectivity index (χ0v) is 16.8. The smallest absolute Gasteiger partial charge is 0.242 e. The number of fused-ring (bicyclic) bond motifs is 1. The molecule has 0 fully saturated rings. The van der Waals surface area contributed by atoms with Gasteiger partial charge in [0.15, 0.2) is 11.5 Å². The highest BCUT2D eigenvalue weighted by atomic mass is 35.5. The molecule has 0 aliphatic carbocycles. The van der Waals surface area contributed by atoms with Crippen molar-refractivity contribution < 1.29 is 8.42 Å². The van der Waals surface area contributed by atoms with Crippen LogP contribution in [0.2, 0.25) is 10.2 Å². The Bertz CT molecular complexity index is 1030. The third-order valence-electron chi connectivity index (χ3n) is 3.64. The molecule has 1 atom stereocenters. The lowest BCUT2D eigenvalue weighted by molar-refractivity contribution is 0.536. The van der Waals surface area contributed by atoms with Crippen LogP contribution in [0.3, 0.4) is 0 Å². The Hall–Kier alpha value is -1.39. The van der Waals surface area contributed by atoms with Gasteiger partial charge in [-0.2, -0.15) is 11.8 Å². The molecule has 0 amide bonds. The van der Waals surface area contributed by atoms with Gasteiger partial charge in [-0.1, -0.05) is 29.3 Å². The number of hydrogen-bond acceptors (Lipinski definition) is 6. The maximum absolute atomic E-state index is 12.8. The summed E-state index contributed by atoms with van der Waals surface area (Å²) in [5.74, 6) is 1.26. The van der Waals surface area contributed by atoms with Gasteiger partial charge >= 0.3 is 0 Å². The van der Waals surface area contributed by atoms with Crippen LogP contribution in [-0.2, 0) is 10.0 Å². The predicted molar refractivity (Wildman–Crippen MR) is 103 cm³/mol. The van der Waals surface area contributed by atoms with Crippen molar-refractivity contribution in [3.8, 4) is 0 Å². The van der Waals surface area contributed by atoms with Crippen LogP contribution in [0, 0.1) is 0 Å². The van der Waals surface area contributed by atoms with Crippen molar-refractivity contribution in [3.63, 3.8) is 0 Å². The first-order valence-corrected chi connectivity index (χ1v) is 11.2. The molecule has 3 rings (SSSR count). The van der Waals surface area contributed by atoms with Crippen LogP contribution < -0.4 is 4.72 Å². The Labute approximate surface area is 165 Å². The third kappa shape index (κ3) is 4.12. The van der Waals surface area contributed by atoms with E-state index < -0.39 is 16.1 Å². The van der Waals surface area contributed by atoms with E-state index in [0.717, 1.165) is 5.75 Å². The standard InChI is InChI=1S/C15H15Cl2N5O2S2/c1-25-7-5-12(15-20-19-13-4-2-3-6-22(13)15)21-26(23,24)10-8-11(16)14(17)18-9-10/h2-4,6,8-9,12,21H,5,7H2,1H3/t12-/m0/s1. The molecule has 0 radical (unpaired) electrons. The molecule has 138 valence electrons. The van der Waals surface area contributed by atoms with Crippen molar-refractivity contribution in [1.82, 2.24) is 24.3 Å². The summed E-state index contributed by atoms with van der Waals surface area (Å²) < 4.78 is 30.0. The van der Waals surface area contributed by atoms with Gasteiger partial charge in [0.1, 0.15) is 10.0 Å². The molecule has 3 aromatic rings. The summed E-state index contributed by atoms with van der Waals surface area (Å²) in [6.45, 7) is 0. The molecule has 0 spiro atoms. The molecule has 0 saturated carbocycles. The fourth-order valence-electron chi connectivity index (χ4n) is 2.38. The topological polar surface area (TPSA) is 89.2 Å². The Balaban J connectivity index is 1.96. The molecule has 1 N–H and O–H groups in total. The Morgan fingerprint density at radius 3 is 2.85 bits per heavy atom. The first-order chi connectivity index (χ1) is 12.4. The lowest BCUT2D eigenvalue weighted by atomic mass is 10.2. The van der Waals surface area contributed by atoms with Gasteiger partial charge in [-0.15, -0.1) is 10.2 Å². The molecule has 0 saturated heterocycles. The maximum Gasteiger partial charge on any atom is 0.242 e. The highest BCUT2D eigenvalue weighted by Gasteiger charge is 2.25.